The van der Waals surface area contributed by atoms with Crippen LogP contribution in [0, 0.1) is 6.92 Å². The Balaban J connectivity index is 2.53. The van der Waals surface area contributed by atoms with Gasteiger partial charge in [-0.25, -0.2) is 0 Å². The maximum atomic E-state index is 5.75. The number of aryl methyl sites for hydroxylation is 1. The molecule has 0 atom stereocenters. The van der Waals surface area contributed by atoms with Crippen molar-refractivity contribution in [2.24, 2.45) is 0 Å². The fraction of sp³-hybridized carbons (Fsp3) is 0.538. The molecule has 0 spiro atoms. The van der Waals surface area contributed by atoms with Gasteiger partial charge in [0.1, 0.15) is 5.75 Å². The van der Waals surface area contributed by atoms with E-state index in [1.165, 1.54) is 23.1 Å². The highest BCUT2D eigenvalue weighted by Crippen LogP contribution is 2.34. The summed E-state index contributed by atoms with van der Waals surface area (Å²) >= 11 is 0. The summed E-state index contributed by atoms with van der Waals surface area (Å²) in [5, 5.41) is 0. The van der Waals surface area contributed by atoms with Crippen LogP contribution < -0.4 is 4.74 Å². The van der Waals surface area contributed by atoms with E-state index in [-0.39, 0.29) is 0 Å². The first kappa shape index (κ1) is 9.57. The Hall–Kier alpha value is -0.980. The van der Waals surface area contributed by atoms with Crippen LogP contribution in [-0.4, -0.2) is 6.61 Å². The molecule has 0 bridgehead atoms. The first-order valence-electron chi connectivity index (χ1n) is 5.45. The molecule has 0 N–H and O–H groups in total. The molecule has 1 aliphatic rings. The number of fused-ring (bicyclic) bond motifs is 1. The highest BCUT2D eigenvalue weighted by Gasteiger charge is 2.17. The van der Waals surface area contributed by atoms with Crippen molar-refractivity contribution in [1.29, 1.82) is 0 Å². The fourth-order valence-corrected chi connectivity index (χ4v) is 2.18. The number of hydrogen-bond donors (Lipinski definition) is 0. The van der Waals surface area contributed by atoms with Gasteiger partial charge in [-0.1, -0.05) is 26.0 Å². The lowest BCUT2D eigenvalue weighted by Gasteiger charge is -2.23. The second-order valence-electron chi connectivity index (χ2n) is 4.39. The van der Waals surface area contributed by atoms with E-state index >= 15 is 0 Å². The van der Waals surface area contributed by atoms with Crippen LogP contribution in [0.4, 0.5) is 0 Å². The van der Waals surface area contributed by atoms with E-state index in [1.54, 1.807) is 0 Å². The standard InChI is InChI=1S/C13H18O/c1-9(2)11-7-6-10(3)13-12(11)5-4-8-14-13/h6-7,9H,4-5,8H2,1-3H3. The monoisotopic (exact) mass is 190 g/mol. The van der Waals surface area contributed by atoms with Crippen LogP contribution in [0.3, 0.4) is 0 Å². The van der Waals surface area contributed by atoms with Crippen molar-refractivity contribution in [3.8, 4) is 5.75 Å². The number of ether oxygens (including phenoxy) is 1. The molecule has 1 aromatic carbocycles. The summed E-state index contributed by atoms with van der Waals surface area (Å²) in [5.41, 5.74) is 4.20. The topological polar surface area (TPSA) is 9.23 Å². The molecule has 1 heteroatoms. The van der Waals surface area contributed by atoms with Crippen molar-refractivity contribution < 1.29 is 4.74 Å². The van der Waals surface area contributed by atoms with Crippen LogP contribution >= 0.6 is 0 Å². The van der Waals surface area contributed by atoms with E-state index in [2.05, 4.69) is 32.9 Å². The molecule has 1 heterocycles. The van der Waals surface area contributed by atoms with Gasteiger partial charge in [0.15, 0.2) is 0 Å². The van der Waals surface area contributed by atoms with Crippen LogP contribution in [0.5, 0.6) is 5.75 Å². The number of benzene rings is 1. The Morgan fingerprint density at radius 1 is 1.29 bits per heavy atom. The van der Waals surface area contributed by atoms with Gasteiger partial charge >= 0.3 is 0 Å². The lowest BCUT2D eigenvalue weighted by Crippen LogP contribution is -2.12. The molecule has 0 saturated heterocycles. The summed E-state index contributed by atoms with van der Waals surface area (Å²) < 4.78 is 5.75. The smallest absolute Gasteiger partial charge is 0.125 e. The quantitative estimate of drug-likeness (QED) is 0.659. The molecular weight excluding hydrogens is 172 g/mol. The Labute approximate surface area is 86.1 Å². The van der Waals surface area contributed by atoms with E-state index in [0.29, 0.717) is 5.92 Å². The molecule has 1 aromatic rings. The maximum Gasteiger partial charge on any atom is 0.125 e. The maximum absolute atomic E-state index is 5.75. The third-order valence-electron chi connectivity index (χ3n) is 2.93. The molecule has 0 aliphatic carbocycles. The van der Waals surface area contributed by atoms with Gasteiger partial charge in [-0.15, -0.1) is 0 Å². The first-order valence-corrected chi connectivity index (χ1v) is 5.45. The average Bonchev–Trinajstić information content (AvgIpc) is 2.18. The van der Waals surface area contributed by atoms with Gasteiger partial charge in [0.2, 0.25) is 0 Å². The van der Waals surface area contributed by atoms with E-state index in [4.69, 9.17) is 4.74 Å². The number of hydrogen-bond acceptors (Lipinski definition) is 1. The summed E-state index contributed by atoms with van der Waals surface area (Å²) in [7, 11) is 0. The van der Waals surface area contributed by atoms with Gasteiger partial charge in [-0.2, -0.15) is 0 Å². The Bertz CT molecular complexity index is 339. The van der Waals surface area contributed by atoms with Crippen molar-refractivity contribution in [1.82, 2.24) is 0 Å². The zero-order valence-electron chi connectivity index (χ0n) is 9.26. The molecule has 14 heavy (non-hydrogen) atoms. The van der Waals surface area contributed by atoms with Crippen LogP contribution in [0.2, 0.25) is 0 Å². The predicted octanol–water partition coefficient (Wildman–Crippen LogP) is 3.44. The van der Waals surface area contributed by atoms with Crippen molar-refractivity contribution >= 4 is 0 Å². The van der Waals surface area contributed by atoms with Crippen molar-refractivity contribution in [2.45, 2.75) is 39.5 Å². The van der Waals surface area contributed by atoms with Gasteiger partial charge in [-0.05, 0) is 42.4 Å². The van der Waals surface area contributed by atoms with Crippen molar-refractivity contribution in [2.75, 3.05) is 6.61 Å². The lowest BCUT2D eigenvalue weighted by molar-refractivity contribution is 0.285. The average molecular weight is 190 g/mol. The first-order chi connectivity index (χ1) is 6.70. The van der Waals surface area contributed by atoms with Crippen LogP contribution in [0.25, 0.3) is 0 Å². The van der Waals surface area contributed by atoms with Crippen LogP contribution in [-0.2, 0) is 6.42 Å². The van der Waals surface area contributed by atoms with Crippen LogP contribution in [0.1, 0.15) is 42.9 Å². The summed E-state index contributed by atoms with van der Waals surface area (Å²) in [5.74, 6) is 1.76. The molecule has 76 valence electrons. The van der Waals surface area contributed by atoms with Gasteiger partial charge in [0.25, 0.3) is 0 Å². The fourth-order valence-electron chi connectivity index (χ4n) is 2.18. The molecule has 0 fully saturated rings. The molecule has 1 nitrogen and oxygen atoms in total. The highest BCUT2D eigenvalue weighted by atomic mass is 16.5. The molecule has 2 rings (SSSR count). The van der Waals surface area contributed by atoms with E-state index in [0.717, 1.165) is 18.8 Å². The largest absolute Gasteiger partial charge is 0.493 e. The van der Waals surface area contributed by atoms with Gasteiger partial charge < -0.3 is 4.74 Å². The normalized spacial score (nSPS) is 15.1. The second-order valence-corrected chi connectivity index (χ2v) is 4.39. The second kappa shape index (κ2) is 3.64. The Kier molecular flexibility index (Phi) is 2.49. The molecule has 0 unspecified atom stereocenters. The zero-order chi connectivity index (χ0) is 10.1. The predicted molar refractivity (Wildman–Crippen MR) is 59.1 cm³/mol. The Morgan fingerprint density at radius 3 is 2.79 bits per heavy atom. The summed E-state index contributed by atoms with van der Waals surface area (Å²) in [6, 6.07) is 4.44. The third kappa shape index (κ3) is 1.52. The van der Waals surface area contributed by atoms with Gasteiger partial charge in [0.05, 0.1) is 6.61 Å². The molecule has 0 radical (unpaired) electrons. The molecule has 0 aromatic heterocycles. The van der Waals surface area contributed by atoms with Gasteiger partial charge in [0, 0.05) is 0 Å². The summed E-state index contributed by atoms with van der Waals surface area (Å²) in [6.07, 6.45) is 2.35. The van der Waals surface area contributed by atoms with Crippen molar-refractivity contribution in [3.05, 3.63) is 28.8 Å². The molecule has 0 amide bonds. The molecule has 1 aliphatic heterocycles. The van der Waals surface area contributed by atoms with E-state index in [1.807, 2.05) is 0 Å². The third-order valence-corrected chi connectivity index (χ3v) is 2.93. The van der Waals surface area contributed by atoms with E-state index in [9.17, 15) is 0 Å². The van der Waals surface area contributed by atoms with Crippen LogP contribution in [0.15, 0.2) is 12.1 Å². The highest BCUT2D eigenvalue weighted by molar-refractivity contribution is 5.48. The lowest BCUT2D eigenvalue weighted by atomic mass is 9.91. The molecule has 0 saturated carbocycles. The zero-order valence-corrected chi connectivity index (χ0v) is 9.26. The minimum atomic E-state index is 0.603. The summed E-state index contributed by atoms with van der Waals surface area (Å²) in [4.78, 5) is 0. The number of rotatable bonds is 1. The summed E-state index contributed by atoms with van der Waals surface area (Å²) in [6.45, 7) is 7.52. The van der Waals surface area contributed by atoms with Crippen molar-refractivity contribution in [3.63, 3.8) is 0 Å². The minimum absolute atomic E-state index is 0.603. The molecular formula is C13H18O. The SMILES string of the molecule is Cc1ccc(C(C)C)c2c1OCCC2. The van der Waals surface area contributed by atoms with E-state index < -0.39 is 0 Å². The minimum Gasteiger partial charge on any atom is -0.493 e. The van der Waals surface area contributed by atoms with Gasteiger partial charge in [-0.3, -0.25) is 0 Å². The Morgan fingerprint density at radius 2 is 2.07 bits per heavy atom.